The summed E-state index contributed by atoms with van der Waals surface area (Å²) in [6.45, 7) is 0.154. The van der Waals surface area contributed by atoms with Crippen LogP contribution in [-0.2, 0) is 0 Å². The molecular formula is C11H8BrNO2. The van der Waals surface area contributed by atoms with Crippen molar-refractivity contribution in [3.05, 3.63) is 22.2 Å². The minimum Gasteiger partial charge on any atom is -0.493 e. The van der Waals surface area contributed by atoms with Crippen LogP contribution in [0.5, 0.6) is 11.5 Å². The molecule has 15 heavy (non-hydrogen) atoms. The molecule has 1 aromatic rings. The van der Waals surface area contributed by atoms with Crippen LogP contribution in [0.2, 0.25) is 0 Å². The lowest BCUT2D eigenvalue weighted by atomic mass is 10.2. The summed E-state index contributed by atoms with van der Waals surface area (Å²) in [6.07, 6.45) is 5.09. The standard InChI is InChI=1S/C11H8BrNO2/c1-3-4-15-11-9(12)5-8(7-13)6-10(11)14-2/h1,5-6H,4H2,2H3. The molecule has 3 nitrogen and oxygen atoms in total. The number of benzene rings is 1. The fraction of sp³-hybridized carbons (Fsp3) is 0.182. The van der Waals surface area contributed by atoms with E-state index in [2.05, 4.69) is 21.9 Å². The number of nitrogens with zero attached hydrogens (tertiary/aromatic N) is 1. The van der Waals surface area contributed by atoms with Crippen LogP contribution in [0.25, 0.3) is 0 Å². The number of nitriles is 1. The molecule has 0 spiro atoms. The van der Waals surface area contributed by atoms with Crippen molar-refractivity contribution >= 4 is 15.9 Å². The van der Waals surface area contributed by atoms with E-state index in [9.17, 15) is 0 Å². The first kappa shape index (κ1) is 11.4. The first-order valence-corrected chi connectivity index (χ1v) is 4.86. The normalized spacial score (nSPS) is 8.80. The molecule has 0 aliphatic heterocycles. The highest BCUT2D eigenvalue weighted by Crippen LogP contribution is 2.36. The Labute approximate surface area is 96.7 Å². The number of halogens is 1. The van der Waals surface area contributed by atoms with Gasteiger partial charge in [0.2, 0.25) is 0 Å². The van der Waals surface area contributed by atoms with E-state index >= 15 is 0 Å². The quantitative estimate of drug-likeness (QED) is 0.788. The summed E-state index contributed by atoms with van der Waals surface area (Å²) in [4.78, 5) is 0. The van der Waals surface area contributed by atoms with Crippen LogP contribution in [0.15, 0.2) is 16.6 Å². The number of hydrogen-bond acceptors (Lipinski definition) is 3. The maximum absolute atomic E-state index is 8.75. The van der Waals surface area contributed by atoms with Crippen LogP contribution in [-0.4, -0.2) is 13.7 Å². The molecular weight excluding hydrogens is 258 g/mol. The van der Waals surface area contributed by atoms with Crippen LogP contribution >= 0.6 is 15.9 Å². The molecule has 0 fully saturated rings. The smallest absolute Gasteiger partial charge is 0.176 e. The zero-order chi connectivity index (χ0) is 11.3. The van der Waals surface area contributed by atoms with Gasteiger partial charge in [0.05, 0.1) is 23.2 Å². The van der Waals surface area contributed by atoms with Gasteiger partial charge in [0, 0.05) is 6.07 Å². The molecule has 0 radical (unpaired) electrons. The number of methoxy groups -OCH3 is 1. The second-order valence-corrected chi connectivity index (χ2v) is 3.45. The van der Waals surface area contributed by atoms with Crippen molar-refractivity contribution < 1.29 is 9.47 Å². The Balaban J connectivity index is 3.15. The van der Waals surface area contributed by atoms with Crippen molar-refractivity contribution in [3.63, 3.8) is 0 Å². The van der Waals surface area contributed by atoms with Crippen LogP contribution in [0, 0.1) is 23.7 Å². The van der Waals surface area contributed by atoms with Gasteiger partial charge in [-0.25, -0.2) is 0 Å². The third kappa shape index (κ3) is 2.65. The van der Waals surface area contributed by atoms with E-state index in [1.54, 1.807) is 12.1 Å². The minimum absolute atomic E-state index is 0.154. The lowest BCUT2D eigenvalue weighted by Crippen LogP contribution is -1.98. The van der Waals surface area contributed by atoms with Crippen molar-refractivity contribution in [2.45, 2.75) is 0 Å². The van der Waals surface area contributed by atoms with E-state index in [1.165, 1.54) is 7.11 Å². The number of terminal acetylenes is 1. The van der Waals surface area contributed by atoms with E-state index in [4.69, 9.17) is 21.2 Å². The van der Waals surface area contributed by atoms with Crippen molar-refractivity contribution in [2.24, 2.45) is 0 Å². The molecule has 0 heterocycles. The summed E-state index contributed by atoms with van der Waals surface area (Å²) in [5, 5.41) is 8.75. The van der Waals surface area contributed by atoms with Crippen LogP contribution in [0.3, 0.4) is 0 Å². The Morgan fingerprint density at radius 1 is 1.53 bits per heavy atom. The summed E-state index contributed by atoms with van der Waals surface area (Å²) >= 11 is 3.29. The summed E-state index contributed by atoms with van der Waals surface area (Å²) in [6, 6.07) is 5.26. The molecule has 0 bridgehead atoms. The molecule has 0 aromatic heterocycles. The van der Waals surface area contributed by atoms with Crippen LogP contribution < -0.4 is 9.47 Å². The molecule has 0 amide bonds. The Kier molecular flexibility index (Phi) is 4.03. The first-order chi connectivity index (χ1) is 7.22. The predicted octanol–water partition coefficient (Wildman–Crippen LogP) is 2.34. The zero-order valence-electron chi connectivity index (χ0n) is 8.08. The fourth-order valence-electron chi connectivity index (χ4n) is 1.04. The number of hydrogen-bond donors (Lipinski definition) is 0. The molecule has 0 atom stereocenters. The van der Waals surface area contributed by atoms with Crippen molar-refractivity contribution in [1.82, 2.24) is 0 Å². The zero-order valence-corrected chi connectivity index (χ0v) is 9.67. The topological polar surface area (TPSA) is 42.2 Å². The van der Waals surface area contributed by atoms with E-state index in [0.29, 0.717) is 21.5 Å². The third-order valence-electron chi connectivity index (χ3n) is 1.66. The van der Waals surface area contributed by atoms with Gasteiger partial charge in [-0.3, -0.25) is 0 Å². The molecule has 0 saturated carbocycles. The van der Waals surface area contributed by atoms with Gasteiger partial charge in [-0.05, 0) is 22.0 Å². The lowest BCUT2D eigenvalue weighted by Gasteiger charge is -2.10. The highest BCUT2D eigenvalue weighted by molar-refractivity contribution is 9.10. The minimum atomic E-state index is 0.154. The maximum Gasteiger partial charge on any atom is 0.176 e. The fourth-order valence-corrected chi connectivity index (χ4v) is 1.59. The van der Waals surface area contributed by atoms with Crippen molar-refractivity contribution in [1.29, 1.82) is 5.26 Å². The van der Waals surface area contributed by atoms with E-state index in [1.807, 2.05) is 6.07 Å². The van der Waals surface area contributed by atoms with Gasteiger partial charge in [0.15, 0.2) is 11.5 Å². The Morgan fingerprint density at radius 2 is 2.27 bits per heavy atom. The molecule has 1 aromatic carbocycles. The lowest BCUT2D eigenvalue weighted by molar-refractivity contribution is 0.329. The molecule has 4 heteroatoms. The van der Waals surface area contributed by atoms with E-state index in [0.717, 1.165) is 0 Å². The monoisotopic (exact) mass is 265 g/mol. The van der Waals surface area contributed by atoms with Crippen molar-refractivity contribution in [3.8, 4) is 29.9 Å². The van der Waals surface area contributed by atoms with Crippen LogP contribution in [0.1, 0.15) is 5.56 Å². The van der Waals surface area contributed by atoms with Gasteiger partial charge in [-0.15, -0.1) is 6.42 Å². The molecule has 0 aliphatic rings. The van der Waals surface area contributed by atoms with E-state index < -0.39 is 0 Å². The molecule has 0 unspecified atom stereocenters. The van der Waals surface area contributed by atoms with E-state index in [-0.39, 0.29) is 6.61 Å². The second kappa shape index (κ2) is 5.29. The van der Waals surface area contributed by atoms with Gasteiger partial charge in [0.25, 0.3) is 0 Å². The summed E-state index contributed by atoms with van der Waals surface area (Å²) in [7, 11) is 1.51. The number of rotatable bonds is 3. The Bertz CT molecular complexity index is 443. The van der Waals surface area contributed by atoms with Crippen LogP contribution in [0.4, 0.5) is 0 Å². The molecule has 0 N–H and O–H groups in total. The molecule has 76 valence electrons. The van der Waals surface area contributed by atoms with Gasteiger partial charge in [-0.1, -0.05) is 5.92 Å². The second-order valence-electron chi connectivity index (χ2n) is 2.59. The highest BCUT2D eigenvalue weighted by atomic mass is 79.9. The largest absolute Gasteiger partial charge is 0.493 e. The average Bonchev–Trinajstić information content (AvgIpc) is 2.26. The maximum atomic E-state index is 8.75. The Morgan fingerprint density at radius 3 is 2.80 bits per heavy atom. The SMILES string of the molecule is C#CCOc1c(Br)cc(C#N)cc1OC. The van der Waals surface area contributed by atoms with Gasteiger partial charge >= 0.3 is 0 Å². The highest BCUT2D eigenvalue weighted by Gasteiger charge is 2.10. The predicted molar refractivity (Wildman–Crippen MR) is 59.7 cm³/mol. The molecule has 0 saturated heterocycles. The van der Waals surface area contributed by atoms with Crippen molar-refractivity contribution in [2.75, 3.05) is 13.7 Å². The van der Waals surface area contributed by atoms with Gasteiger partial charge < -0.3 is 9.47 Å². The molecule has 0 aliphatic carbocycles. The molecule has 1 rings (SSSR count). The average molecular weight is 266 g/mol. The Hall–Kier alpha value is -1.65. The first-order valence-electron chi connectivity index (χ1n) is 4.06. The van der Waals surface area contributed by atoms with Gasteiger partial charge in [0.1, 0.15) is 6.61 Å². The van der Waals surface area contributed by atoms with Gasteiger partial charge in [-0.2, -0.15) is 5.26 Å². The third-order valence-corrected chi connectivity index (χ3v) is 2.25. The summed E-state index contributed by atoms with van der Waals surface area (Å²) in [5.41, 5.74) is 0.492. The number of ether oxygens (including phenoxy) is 2. The summed E-state index contributed by atoms with van der Waals surface area (Å²) in [5.74, 6) is 3.35. The summed E-state index contributed by atoms with van der Waals surface area (Å²) < 4.78 is 11.0.